The third kappa shape index (κ3) is 4.58. The number of piperidine rings is 1. The summed E-state index contributed by atoms with van der Waals surface area (Å²) in [7, 11) is 0. The lowest BCUT2D eigenvalue weighted by molar-refractivity contribution is 0.0991. The lowest BCUT2D eigenvalue weighted by Gasteiger charge is -2.27. The number of imidazole rings is 2. The molecule has 1 N–H and O–H groups in total. The van der Waals surface area contributed by atoms with Crippen LogP contribution in [0, 0.1) is 18.7 Å². The van der Waals surface area contributed by atoms with E-state index in [9.17, 15) is 13.6 Å². The Morgan fingerprint density at radius 1 is 1.05 bits per heavy atom. The summed E-state index contributed by atoms with van der Waals surface area (Å²) < 4.78 is 31.0. The van der Waals surface area contributed by atoms with E-state index in [0.29, 0.717) is 17.0 Å². The second-order valence-corrected chi connectivity index (χ2v) is 9.44. The molecular formula is C28H25F2N7O. The molecule has 0 radical (unpaired) electrons. The van der Waals surface area contributed by atoms with E-state index in [1.54, 1.807) is 22.8 Å². The number of hydrogen-bond acceptors (Lipinski definition) is 6. The van der Waals surface area contributed by atoms with Crippen molar-refractivity contribution in [1.29, 1.82) is 0 Å². The smallest absolute Gasteiger partial charge is 0.213 e. The van der Waals surface area contributed by atoms with Crippen LogP contribution in [0.1, 0.15) is 40.8 Å². The van der Waals surface area contributed by atoms with E-state index in [1.165, 1.54) is 24.4 Å². The predicted molar refractivity (Wildman–Crippen MR) is 138 cm³/mol. The number of ketones is 1. The molecule has 5 heterocycles. The minimum absolute atomic E-state index is 0.00902. The van der Waals surface area contributed by atoms with Crippen molar-refractivity contribution in [2.45, 2.75) is 32.2 Å². The Balaban J connectivity index is 1.41. The maximum atomic E-state index is 13.7. The van der Waals surface area contributed by atoms with Crippen LogP contribution in [0.4, 0.5) is 8.78 Å². The molecule has 0 atom stereocenters. The van der Waals surface area contributed by atoms with Gasteiger partial charge in [-0.05, 0) is 75.3 Å². The number of benzene rings is 1. The number of Topliss-reactive ketones (excluding diaryl/α,β-unsaturated/α-hetero) is 1. The molecule has 0 spiro atoms. The quantitative estimate of drug-likeness (QED) is 0.264. The van der Waals surface area contributed by atoms with Gasteiger partial charge in [0.1, 0.15) is 17.3 Å². The van der Waals surface area contributed by atoms with E-state index in [0.717, 1.165) is 54.8 Å². The van der Waals surface area contributed by atoms with Gasteiger partial charge in [0.25, 0.3) is 0 Å². The van der Waals surface area contributed by atoms with Gasteiger partial charge >= 0.3 is 0 Å². The number of hydrogen-bond donors (Lipinski definition) is 1. The molecular weight excluding hydrogens is 488 g/mol. The number of nitrogens with one attached hydrogen (secondary N) is 1. The summed E-state index contributed by atoms with van der Waals surface area (Å²) in [6.45, 7) is 3.82. The second kappa shape index (κ2) is 9.86. The first-order valence-electron chi connectivity index (χ1n) is 12.5. The highest BCUT2D eigenvalue weighted by atomic mass is 19.1. The number of aryl methyl sites for hydroxylation is 1. The second-order valence-electron chi connectivity index (χ2n) is 9.44. The maximum absolute atomic E-state index is 13.7. The maximum Gasteiger partial charge on any atom is 0.213 e. The fraction of sp³-hybridized carbons (Fsp3) is 0.250. The van der Waals surface area contributed by atoms with Gasteiger partial charge in [-0.2, -0.15) is 9.49 Å². The molecule has 0 unspecified atom stereocenters. The molecule has 10 heteroatoms. The van der Waals surface area contributed by atoms with Crippen LogP contribution in [0.2, 0.25) is 0 Å². The first-order chi connectivity index (χ1) is 18.5. The van der Waals surface area contributed by atoms with Crippen LogP contribution < -0.4 is 5.32 Å². The predicted octanol–water partition coefficient (Wildman–Crippen LogP) is 4.59. The monoisotopic (exact) mass is 513 g/mol. The number of carbonyl (C=O) groups is 1. The van der Waals surface area contributed by atoms with Gasteiger partial charge in [-0.1, -0.05) is 0 Å². The molecule has 1 aliphatic heterocycles. The van der Waals surface area contributed by atoms with E-state index < -0.39 is 5.95 Å². The Morgan fingerprint density at radius 2 is 1.84 bits per heavy atom. The van der Waals surface area contributed by atoms with Crippen LogP contribution in [-0.4, -0.2) is 48.0 Å². The molecule has 6 rings (SSSR count). The lowest BCUT2D eigenvalue weighted by atomic mass is 10.0. The molecule has 0 aliphatic carbocycles. The van der Waals surface area contributed by atoms with Crippen molar-refractivity contribution in [2.24, 2.45) is 0 Å². The summed E-state index contributed by atoms with van der Waals surface area (Å²) in [4.78, 5) is 25.6. The molecule has 5 aromatic rings. The number of aromatic nitrogens is 6. The Bertz CT molecular complexity index is 1640. The normalized spacial score (nSPS) is 14.3. The Morgan fingerprint density at radius 3 is 2.61 bits per heavy atom. The minimum Gasteiger partial charge on any atom is -0.323 e. The first-order valence-corrected chi connectivity index (χ1v) is 12.5. The van der Waals surface area contributed by atoms with E-state index >= 15 is 0 Å². The van der Waals surface area contributed by atoms with Crippen molar-refractivity contribution >= 4 is 11.4 Å². The third-order valence-corrected chi connectivity index (χ3v) is 6.88. The van der Waals surface area contributed by atoms with E-state index in [-0.39, 0.29) is 29.6 Å². The van der Waals surface area contributed by atoms with Crippen LogP contribution in [0.5, 0.6) is 0 Å². The van der Waals surface area contributed by atoms with Crippen molar-refractivity contribution < 1.29 is 13.6 Å². The zero-order valence-electron chi connectivity index (χ0n) is 20.7. The fourth-order valence-electron chi connectivity index (χ4n) is 5.10. The molecule has 38 heavy (non-hydrogen) atoms. The molecule has 192 valence electrons. The largest absolute Gasteiger partial charge is 0.323 e. The number of rotatable bonds is 6. The summed E-state index contributed by atoms with van der Waals surface area (Å²) in [5, 5.41) is 8.27. The van der Waals surface area contributed by atoms with Crippen molar-refractivity contribution in [3.05, 3.63) is 89.8 Å². The first kappa shape index (κ1) is 24.1. The number of pyridine rings is 1. The summed E-state index contributed by atoms with van der Waals surface area (Å²) in [6, 6.07) is 12.9. The van der Waals surface area contributed by atoms with Crippen LogP contribution in [0.15, 0.2) is 60.9 Å². The van der Waals surface area contributed by atoms with Gasteiger partial charge < -0.3 is 9.88 Å². The van der Waals surface area contributed by atoms with Gasteiger partial charge in [-0.15, -0.1) is 0 Å². The average molecular weight is 514 g/mol. The standard InChI is InChI=1S/C28H25F2N7O/c1-17-33-27(18-2-4-20(29)5-3-18)28(37(17)22-9-11-31-12-10-22)23-6-7-26-34-21(16-36(26)35-23)15-24(38)19-8-13-32-25(30)14-19/h2-8,13-14,16,22,31H,9-12,15H2,1H3. The molecule has 8 nitrogen and oxygen atoms in total. The van der Waals surface area contributed by atoms with Gasteiger partial charge in [0.2, 0.25) is 5.95 Å². The highest BCUT2D eigenvalue weighted by Crippen LogP contribution is 2.36. The Labute approximate surface area is 217 Å². The summed E-state index contributed by atoms with van der Waals surface area (Å²) >= 11 is 0. The fourth-order valence-corrected chi connectivity index (χ4v) is 5.10. The number of nitrogens with zero attached hydrogens (tertiary/aromatic N) is 6. The van der Waals surface area contributed by atoms with Crippen LogP contribution >= 0.6 is 0 Å². The van der Waals surface area contributed by atoms with Crippen molar-refractivity contribution in [1.82, 2.24) is 34.4 Å². The highest BCUT2D eigenvalue weighted by molar-refractivity contribution is 5.97. The number of carbonyl (C=O) groups excluding carboxylic acids is 1. The number of fused-ring (bicyclic) bond motifs is 1. The van der Waals surface area contributed by atoms with E-state index in [2.05, 4.69) is 19.9 Å². The van der Waals surface area contributed by atoms with Crippen LogP contribution in [-0.2, 0) is 6.42 Å². The molecule has 0 bridgehead atoms. The van der Waals surface area contributed by atoms with Crippen molar-refractivity contribution in [2.75, 3.05) is 13.1 Å². The number of halogens is 2. The van der Waals surface area contributed by atoms with Crippen LogP contribution in [0.25, 0.3) is 28.3 Å². The van der Waals surface area contributed by atoms with Crippen molar-refractivity contribution in [3.8, 4) is 22.6 Å². The molecule has 1 saturated heterocycles. The Hall–Kier alpha value is -4.31. The van der Waals surface area contributed by atoms with Gasteiger partial charge in [0.05, 0.1) is 29.7 Å². The Kier molecular flexibility index (Phi) is 6.24. The van der Waals surface area contributed by atoms with E-state index in [4.69, 9.17) is 10.1 Å². The van der Waals surface area contributed by atoms with Gasteiger partial charge in [-0.3, -0.25) is 4.79 Å². The van der Waals surface area contributed by atoms with Crippen LogP contribution in [0.3, 0.4) is 0 Å². The molecule has 1 aromatic carbocycles. The average Bonchev–Trinajstić information content (AvgIpc) is 3.49. The molecule has 0 saturated carbocycles. The highest BCUT2D eigenvalue weighted by Gasteiger charge is 2.26. The SMILES string of the molecule is Cc1nc(-c2ccc(F)cc2)c(-c2ccc3nc(CC(=O)c4ccnc(F)c4)cn3n2)n1C1CCNCC1. The van der Waals surface area contributed by atoms with Crippen molar-refractivity contribution in [3.63, 3.8) is 0 Å². The molecule has 1 fully saturated rings. The molecule has 1 aliphatic rings. The van der Waals surface area contributed by atoms with Gasteiger partial charge in [0, 0.05) is 29.4 Å². The topological polar surface area (TPSA) is 90.0 Å². The summed E-state index contributed by atoms with van der Waals surface area (Å²) in [5.41, 5.74) is 4.46. The van der Waals surface area contributed by atoms with Gasteiger partial charge in [-0.25, -0.2) is 23.9 Å². The zero-order valence-corrected chi connectivity index (χ0v) is 20.7. The van der Waals surface area contributed by atoms with Gasteiger partial charge in [0.15, 0.2) is 11.4 Å². The van der Waals surface area contributed by atoms with E-state index in [1.807, 2.05) is 19.1 Å². The third-order valence-electron chi connectivity index (χ3n) is 6.88. The minimum atomic E-state index is -0.699. The summed E-state index contributed by atoms with van der Waals surface area (Å²) in [5.74, 6) is -0.392. The summed E-state index contributed by atoms with van der Waals surface area (Å²) in [6.07, 6.45) is 4.91. The lowest BCUT2D eigenvalue weighted by Crippen LogP contribution is -2.30. The molecule has 0 amide bonds. The zero-order chi connectivity index (χ0) is 26.2. The molecule has 4 aromatic heterocycles.